The van der Waals surface area contributed by atoms with Gasteiger partial charge < -0.3 is 16.0 Å². The Kier molecular flexibility index (Phi) is 4.37. The maximum Gasteiger partial charge on any atom is 0.421 e. The molecule has 3 N–H and O–H groups in total. The number of benzene rings is 1. The van der Waals surface area contributed by atoms with E-state index in [1.807, 2.05) is 0 Å². The van der Waals surface area contributed by atoms with Crippen LogP contribution >= 0.6 is 0 Å². The molecule has 27 heavy (non-hydrogen) atoms. The van der Waals surface area contributed by atoms with Crippen molar-refractivity contribution in [2.45, 2.75) is 44.3 Å². The van der Waals surface area contributed by atoms with Crippen LogP contribution in [0.15, 0.2) is 24.4 Å². The van der Waals surface area contributed by atoms with Crippen molar-refractivity contribution in [3.05, 3.63) is 35.5 Å². The van der Waals surface area contributed by atoms with Crippen molar-refractivity contribution in [3.8, 4) is 0 Å². The monoisotopic (exact) mass is 377 g/mol. The van der Waals surface area contributed by atoms with Crippen molar-refractivity contribution in [2.24, 2.45) is 0 Å². The van der Waals surface area contributed by atoms with Gasteiger partial charge in [-0.2, -0.15) is 18.2 Å². The molecule has 0 spiro atoms. The van der Waals surface area contributed by atoms with E-state index in [-0.39, 0.29) is 23.7 Å². The van der Waals surface area contributed by atoms with Crippen molar-refractivity contribution in [3.63, 3.8) is 0 Å². The van der Waals surface area contributed by atoms with Crippen LogP contribution in [0.25, 0.3) is 0 Å². The zero-order valence-corrected chi connectivity index (χ0v) is 14.4. The number of alkyl halides is 3. The van der Waals surface area contributed by atoms with Crippen molar-refractivity contribution < 1.29 is 18.0 Å². The smallest absolute Gasteiger partial charge is 0.367 e. The van der Waals surface area contributed by atoms with Crippen LogP contribution in [0, 0.1) is 0 Å². The van der Waals surface area contributed by atoms with Crippen LogP contribution in [-0.4, -0.2) is 21.9 Å². The minimum atomic E-state index is -4.53. The third-order valence-corrected chi connectivity index (χ3v) is 4.78. The predicted molar refractivity (Wildman–Crippen MR) is 95.0 cm³/mol. The van der Waals surface area contributed by atoms with Crippen LogP contribution in [-0.2, 0) is 17.4 Å². The lowest BCUT2D eigenvalue weighted by molar-refractivity contribution is -0.137. The number of hydrogen-bond donors (Lipinski definition) is 3. The fourth-order valence-electron chi connectivity index (χ4n) is 3.44. The Bertz CT molecular complexity index is 878. The Labute approximate surface area is 153 Å². The van der Waals surface area contributed by atoms with Crippen molar-refractivity contribution in [1.29, 1.82) is 0 Å². The Morgan fingerprint density at radius 2 is 1.96 bits per heavy atom. The summed E-state index contributed by atoms with van der Waals surface area (Å²) >= 11 is 0. The number of nitrogens with one attached hydrogen (secondary N) is 3. The van der Waals surface area contributed by atoms with E-state index in [0.29, 0.717) is 17.8 Å². The van der Waals surface area contributed by atoms with E-state index < -0.39 is 11.7 Å². The Morgan fingerprint density at radius 1 is 1.19 bits per heavy atom. The highest BCUT2D eigenvalue weighted by Gasteiger charge is 2.36. The summed E-state index contributed by atoms with van der Waals surface area (Å²) in [5.74, 6) is -0.231. The summed E-state index contributed by atoms with van der Waals surface area (Å²) < 4.78 is 39.9. The highest BCUT2D eigenvalue weighted by Crippen LogP contribution is 2.36. The summed E-state index contributed by atoms with van der Waals surface area (Å²) in [6, 6.07) is 5.23. The predicted octanol–water partition coefficient (Wildman–Crippen LogP) is 4.09. The van der Waals surface area contributed by atoms with E-state index in [1.165, 1.54) is 0 Å². The summed E-state index contributed by atoms with van der Waals surface area (Å²) in [7, 11) is 0. The maximum atomic E-state index is 13.3. The van der Waals surface area contributed by atoms with E-state index in [1.54, 1.807) is 18.2 Å². The maximum absolute atomic E-state index is 13.3. The summed E-state index contributed by atoms with van der Waals surface area (Å²) in [5, 5.41) is 8.56. The number of fused-ring (bicyclic) bond motifs is 1. The number of amides is 1. The van der Waals surface area contributed by atoms with Gasteiger partial charge in [0.05, 0.1) is 6.42 Å². The van der Waals surface area contributed by atoms with Crippen molar-refractivity contribution in [1.82, 2.24) is 9.97 Å². The quantitative estimate of drug-likeness (QED) is 0.748. The number of nitrogens with zero attached hydrogens (tertiary/aromatic N) is 2. The largest absolute Gasteiger partial charge is 0.421 e. The van der Waals surface area contributed by atoms with Gasteiger partial charge in [0.1, 0.15) is 11.4 Å². The molecule has 0 saturated heterocycles. The minimum Gasteiger partial charge on any atom is -0.367 e. The number of carbonyl (C=O) groups is 1. The third-order valence-electron chi connectivity index (χ3n) is 4.78. The fraction of sp³-hybridized carbons (Fsp3) is 0.389. The second-order valence-corrected chi connectivity index (χ2v) is 6.80. The Hall–Kier alpha value is -2.84. The van der Waals surface area contributed by atoms with E-state index in [9.17, 15) is 18.0 Å². The lowest BCUT2D eigenvalue weighted by atomic mass is 10.1. The van der Waals surface area contributed by atoms with Gasteiger partial charge in [-0.3, -0.25) is 4.79 Å². The molecule has 1 fully saturated rings. The zero-order valence-electron chi connectivity index (χ0n) is 14.4. The summed E-state index contributed by atoms with van der Waals surface area (Å²) in [6.07, 6.45) is 0.232. The van der Waals surface area contributed by atoms with Crippen molar-refractivity contribution in [2.75, 3.05) is 16.0 Å². The first-order valence-electron chi connectivity index (χ1n) is 8.79. The lowest BCUT2D eigenvalue weighted by Crippen LogP contribution is -2.20. The molecule has 2 aliphatic rings. The molecule has 4 rings (SSSR count). The van der Waals surface area contributed by atoms with Crippen LogP contribution in [0.5, 0.6) is 0 Å². The van der Waals surface area contributed by atoms with E-state index in [2.05, 4.69) is 25.9 Å². The van der Waals surface area contributed by atoms with Gasteiger partial charge in [0.2, 0.25) is 11.9 Å². The molecule has 1 aromatic heterocycles. The first-order chi connectivity index (χ1) is 12.9. The molecular formula is C18H18F3N5O. The average molecular weight is 377 g/mol. The van der Waals surface area contributed by atoms with E-state index >= 15 is 0 Å². The summed E-state index contributed by atoms with van der Waals surface area (Å²) in [5.41, 5.74) is 1.27. The number of aromatic nitrogens is 2. The Morgan fingerprint density at radius 3 is 2.70 bits per heavy atom. The van der Waals surface area contributed by atoms with Crippen molar-refractivity contribution >= 4 is 29.0 Å². The molecule has 0 radical (unpaired) electrons. The summed E-state index contributed by atoms with van der Waals surface area (Å²) in [4.78, 5) is 19.3. The molecular weight excluding hydrogens is 359 g/mol. The molecule has 0 unspecified atom stereocenters. The molecule has 1 saturated carbocycles. The third kappa shape index (κ3) is 3.81. The van der Waals surface area contributed by atoms with E-state index in [0.717, 1.165) is 37.4 Å². The Balaban J connectivity index is 1.59. The number of anilines is 4. The second-order valence-electron chi connectivity index (χ2n) is 6.80. The van der Waals surface area contributed by atoms with Crippen LogP contribution in [0.2, 0.25) is 0 Å². The van der Waals surface area contributed by atoms with Gasteiger partial charge >= 0.3 is 6.18 Å². The fourth-order valence-corrected chi connectivity index (χ4v) is 3.44. The highest BCUT2D eigenvalue weighted by molar-refractivity contribution is 5.99. The van der Waals surface area contributed by atoms with Gasteiger partial charge in [-0.25, -0.2) is 4.98 Å². The van der Waals surface area contributed by atoms with Gasteiger partial charge in [-0.05, 0) is 30.5 Å². The highest BCUT2D eigenvalue weighted by atomic mass is 19.4. The number of hydrogen-bond acceptors (Lipinski definition) is 5. The molecule has 1 aliphatic carbocycles. The van der Waals surface area contributed by atoms with Crippen LogP contribution in [0.1, 0.15) is 36.8 Å². The molecule has 2 aromatic rings. The summed E-state index contributed by atoms with van der Waals surface area (Å²) in [6.45, 7) is 0. The molecule has 1 aromatic carbocycles. The van der Waals surface area contributed by atoms with Gasteiger partial charge in [0.25, 0.3) is 0 Å². The van der Waals surface area contributed by atoms with Gasteiger partial charge in [0.15, 0.2) is 0 Å². The molecule has 1 amide bonds. The van der Waals surface area contributed by atoms with Crippen LogP contribution in [0.3, 0.4) is 0 Å². The molecule has 6 nitrogen and oxygen atoms in total. The molecule has 2 heterocycles. The number of halogens is 3. The first kappa shape index (κ1) is 17.6. The minimum absolute atomic E-state index is 0.0101. The molecule has 142 valence electrons. The van der Waals surface area contributed by atoms with Crippen LogP contribution in [0.4, 0.5) is 36.3 Å². The SMILES string of the molecule is O=C1Cc2ccc(Nc3ncc(C(F)(F)F)c(NC4CCCC4)n3)cc2N1. The second kappa shape index (κ2) is 6.71. The molecule has 9 heteroatoms. The molecule has 0 bridgehead atoms. The van der Waals surface area contributed by atoms with E-state index in [4.69, 9.17) is 0 Å². The molecule has 1 aliphatic heterocycles. The van der Waals surface area contributed by atoms with Gasteiger partial charge in [-0.15, -0.1) is 0 Å². The molecule has 0 atom stereocenters. The van der Waals surface area contributed by atoms with Crippen LogP contribution < -0.4 is 16.0 Å². The standard InChI is InChI=1S/C18H18F3N5O/c19-18(20,21)13-9-22-17(26-16(13)23-11-3-1-2-4-11)24-12-6-5-10-7-15(27)25-14(10)8-12/h5-6,8-9,11H,1-4,7H2,(H,25,27)(H2,22,23,24,26). The first-order valence-corrected chi connectivity index (χ1v) is 8.79. The number of rotatable bonds is 4. The average Bonchev–Trinajstić information content (AvgIpc) is 3.22. The van der Waals surface area contributed by atoms with Gasteiger partial charge in [0, 0.05) is 23.6 Å². The topological polar surface area (TPSA) is 78.9 Å². The van der Waals surface area contributed by atoms with Gasteiger partial charge in [-0.1, -0.05) is 18.9 Å². The lowest BCUT2D eigenvalue weighted by Gasteiger charge is -2.18. The zero-order chi connectivity index (χ0) is 19.0. The normalized spacial score (nSPS) is 16.9. The number of carbonyl (C=O) groups excluding carboxylic acids is 1.